The molecule has 0 bridgehead atoms. The predicted molar refractivity (Wildman–Crippen MR) is 138 cm³/mol. The number of rotatable bonds is 7. The molecule has 0 spiro atoms. The van der Waals surface area contributed by atoms with Gasteiger partial charge in [0.1, 0.15) is 0 Å². The van der Waals surface area contributed by atoms with Crippen LogP contribution in [0.15, 0.2) is 65.9 Å². The first-order valence-corrected chi connectivity index (χ1v) is 12.7. The topological polar surface area (TPSA) is 15.3 Å². The minimum atomic E-state index is 0.545. The Balaban J connectivity index is 1.57. The van der Waals surface area contributed by atoms with Crippen LogP contribution in [0.5, 0.6) is 0 Å². The van der Waals surface area contributed by atoms with Crippen LogP contribution < -0.4 is 5.32 Å². The van der Waals surface area contributed by atoms with Crippen LogP contribution >= 0.6 is 11.6 Å². The van der Waals surface area contributed by atoms with Crippen molar-refractivity contribution in [2.24, 2.45) is 0 Å². The van der Waals surface area contributed by atoms with Gasteiger partial charge in [0.15, 0.2) is 0 Å². The van der Waals surface area contributed by atoms with E-state index in [9.17, 15) is 0 Å². The molecular formula is C29H37ClN2. The minimum absolute atomic E-state index is 0.545. The monoisotopic (exact) mass is 448 g/mol. The molecule has 0 radical (unpaired) electrons. The average Bonchev–Trinajstić information content (AvgIpc) is 2.81. The van der Waals surface area contributed by atoms with E-state index in [0.29, 0.717) is 12.1 Å². The summed E-state index contributed by atoms with van der Waals surface area (Å²) in [5, 5.41) is 4.63. The van der Waals surface area contributed by atoms with Crippen molar-refractivity contribution in [2.75, 3.05) is 6.54 Å². The molecule has 2 unspecified atom stereocenters. The van der Waals surface area contributed by atoms with Crippen molar-refractivity contribution in [3.05, 3.63) is 87.6 Å². The number of halogens is 1. The van der Waals surface area contributed by atoms with Gasteiger partial charge in [-0.1, -0.05) is 86.0 Å². The van der Waals surface area contributed by atoms with Gasteiger partial charge < -0.3 is 5.32 Å². The fourth-order valence-electron chi connectivity index (χ4n) is 5.46. The van der Waals surface area contributed by atoms with E-state index in [1.54, 1.807) is 11.1 Å². The Morgan fingerprint density at radius 3 is 2.66 bits per heavy atom. The van der Waals surface area contributed by atoms with E-state index < -0.39 is 0 Å². The second-order valence-corrected chi connectivity index (χ2v) is 9.68. The molecule has 0 amide bonds. The molecule has 0 saturated carbocycles. The zero-order valence-corrected chi connectivity index (χ0v) is 20.6. The Hall–Kier alpha value is -2.03. The van der Waals surface area contributed by atoms with Crippen molar-refractivity contribution in [3.8, 4) is 0 Å². The Morgan fingerprint density at radius 1 is 1.09 bits per heavy atom. The highest BCUT2D eigenvalue weighted by molar-refractivity contribution is 6.32. The third kappa shape index (κ3) is 4.97. The summed E-state index contributed by atoms with van der Waals surface area (Å²) >= 11 is 6.56. The summed E-state index contributed by atoms with van der Waals surface area (Å²) in [5.41, 5.74) is 8.21. The quantitative estimate of drug-likeness (QED) is 0.462. The van der Waals surface area contributed by atoms with Gasteiger partial charge in [0.05, 0.1) is 0 Å². The molecular weight excluding hydrogens is 412 g/mol. The molecule has 170 valence electrons. The molecule has 32 heavy (non-hydrogen) atoms. The minimum Gasteiger partial charge on any atom is -0.359 e. The van der Waals surface area contributed by atoms with E-state index in [0.717, 1.165) is 35.5 Å². The maximum atomic E-state index is 6.56. The van der Waals surface area contributed by atoms with Crippen LogP contribution in [-0.4, -0.2) is 17.5 Å². The standard InChI is InChI=1S/C29H37ClN2/c1-4-10-27(25-14-8-9-15-26(25)30)31-28-20-23(17-16-21(28)3)32-19-18-22-12-6-7-13-24(22)29(32)11-5-2/h6-10,12-15,23,29,31H,4-5,11,16-20H2,1-3H3/b27-10+. The molecule has 0 fully saturated rings. The second kappa shape index (κ2) is 10.7. The number of nitrogens with zero attached hydrogens (tertiary/aromatic N) is 1. The smallest absolute Gasteiger partial charge is 0.0499 e. The predicted octanol–water partition coefficient (Wildman–Crippen LogP) is 7.91. The van der Waals surface area contributed by atoms with E-state index in [1.165, 1.54) is 43.5 Å². The first-order valence-electron chi connectivity index (χ1n) is 12.4. The van der Waals surface area contributed by atoms with Gasteiger partial charge >= 0.3 is 0 Å². The van der Waals surface area contributed by atoms with Gasteiger partial charge in [-0.05, 0) is 56.2 Å². The van der Waals surface area contributed by atoms with Gasteiger partial charge in [0, 0.05) is 47.0 Å². The zero-order valence-electron chi connectivity index (χ0n) is 19.8. The van der Waals surface area contributed by atoms with E-state index in [1.807, 2.05) is 12.1 Å². The van der Waals surface area contributed by atoms with Crippen LogP contribution in [-0.2, 0) is 6.42 Å². The van der Waals surface area contributed by atoms with Crippen LogP contribution in [0, 0.1) is 0 Å². The SMILES string of the molecule is CC/C=C(/NC1=C(C)CCC(N2CCc3ccccc3C2CCC)C1)c1ccccc1Cl. The van der Waals surface area contributed by atoms with Crippen molar-refractivity contribution in [1.82, 2.24) is 10.2 Å². The van der Waals surface area contributed by atoms with Crippen LogP contribution in [0.25, 0.3) is 5.70 Å². The number of fused-ring (bicyclic) bond motifs is 1. The molecule has 2 aromatic rings. The molecule has 2 aliphatic rings. The van der Waals surface area contributed by atoms with Gasteiger partial charge in [-0.15, -0.1) is 0 Å². The van der Waals surface area contributed by atoms with E-state index in [-0.39, 0.29) is 0 Å². The van der Waals surface area contributed by atoms with E-state index >= 15 is 0 Å². The number of hydrogen-bond acceptors (Lipinski definition) is 2. The van der Waals surface area contributed by atoms with Crippen molar-refractivity contribution >= 4 is 17.3 Å². The van der Waals surface area contributed by atoms with Crippen molar-refractivity contribution in [1.29, 1.82) is 0 Å². The molecule has 1 N–H and O–H groups in total. The third-order valence-electron chi connectivity index (χ3n) is 7.15. The fraction of sp³-hybridized carbons (Fsp3) is 0.448. The number of allylic oxidation sites excluding steroid dienone is 2. The molecule has 2 nitrogen and oxygen atoms in total. The highest BCUT2D eigenvalue weighted by Crippen LogP contribution is 2.39. The number of hydrogen-bond donors (Lipinski definition) is 1. The summed E-state index contributed by atoms with van der Waals surface area (Å²) in [6.45, 7) is 7.97. The highest BCUT2D eigenvalue weighted by atomic mass is 35.5. The molecule has 0 aromatic heterocycles. The normalized spacial score (nSPS) is 22.1. The molecule has 2 atom stereocenters. The lowest BCUT2D eigenvalue weighted by atomic mass is 9.85. The van der Waals surface area contributed by atoms with Crippen LogP contribution in [0.2, 0.25) is 5.02 Å². The Bertz CT molecular complexity index is 990. The Kier molecular flexibility index (Phi) is 7.75. The first kappa shape index (κ1) is 23.1. The summed E-state index contributed by atoms with van der Waals surface area (Å²) in [6, 6.07) is 18.4. The fourth-order valence-corrected chi connectivity index (χ4v) is 5.70. The van der Waals surface area contributed by atoms with Gasteiger partial charge in [-0.3, -0.25) is 4.90 Å². The lowest BCUT2D eigenvalue weighted by Gasteiger charge is -2.44. The lowest BCUT2D eigenvalue weighted by Crippen LogP contribution is -2.44. The molecule has 1 heterocycles. The number of nitrogens with one attached hydrogen (secondary N) is 1. The molecule has 1 aliphatic carbocycles. The first-order chi connectivity index (χ1) is 15.6. The summed E-state index contributed by atoms with van der Waals surface area (Å²) in [4.78, 5) is 2.82. The lowest BCUT2D eigenvalue weighted by molar-refractivity contribution is 0.104. The van der Waals surface area contributed by atoms with Crippen LogP contribution in [0.3, 0.4) is 0 Å². The van der Waals surface area contributed by atoms with Crippen molar-refractivity contribution in [3.63, 3.8) is 0 Å². The molecule has 3 heteroatoms. The maximum absolute atomic E-state index is 6.56. The summed E-state index contributed by atoms with van der Waals surface area (Å²) in [7, 11) is 0. The maximum Gasteiger partial charge on any atom is 0.0499 e. The summed E-state index contributed by atoms with van der Waals surface area (Å²) in [5.74, 6) is 0. The second-order valence-electron chi connectivity index (χ2n) is 9.28. The van der Waals surface area contributed by atoms with Gasteiger partial charge in [0.2, 0.25) is 0 Å². The van der Waals surface area contributed by atoms with E-state index in [2.05, 4.69) is 73.5 Å². The number of benzene rings is 2. The van der Waals surface area contributed by atoms with Crippen LogP contribution in [0.4, 0.5) is 0 Å². The van der Waals surface area contributed by atoms with Crippen molar-refractivity contribution in [2.45, 2.75) is 77.8 Å². The van der Waals surface area contributed by atoms with Gasteiger partial charge in [-0.2, -0.15) is 0 Å². The molecule has 2 aromatic carbocycles. The zero-order chi connectivity index (χ0) is 22.5. The van der Waals surface area contributed by atoms with Crippen molar-refractivity contribution < 1.29 is 0 Å². The Morgan fingerprint density at radius 2 is 1.88 bits per heavy atom. The highest BCUT2D eigenvalue weighted by Gasteiger charge is 2.33. The summed E-state index contributed by atoms with van der Waals surface area (Å²) in [6.07, 6.45) is 10.4. The van der Waals surface area contributed by atoms with Gasteiger partial charge in [0.25, 0.3) is 0 Å². The molecule has 4 rings (SSSR count). The van der Waals surface area contributed by atoms with E-state index in [4.69, 9.17) is 11.6 Å². The average molecular weight is 449 g/mol. The van der Waals surface area contributed by atoms with Crippen LogP contribution in [0.1, 0.15) is 82.0 Å². The molecule has 0 saturated heterocycles. The van der Waals surface area contributed by atoms with Gasteiger partial charge in [-0.25, -0.2) is 0 Å². The third-order valence-corrected chi connectivity index (χ3v) is 7.48. The molecule has 1 aliphatic heterocycles. The summed E-state index contributed by atoms with van der Waals surface area (Å²) < 4.78 is 0. The Labute approximate surface area is 199 Å². The largest absolute Gasteiger partial charge is 0.359 e.